The van der Waals surface area contributed by atoms with Crippen molar-refractivity contribution >= 4 is 0 Å². The Morgan fingerprint density at radius 1 is 1.10 bits per heavy atom. The third-order valence-corrected chi connectivity index (χ3v) is 5.26. The van der Waals surface area contributed by atoms with Crippen LogP contribution in [0.15, 0.2) is 12.1 Å². The van der Waals surface area contributed by atoms with Crippen LogP contribution in [0, 0.1) is 0 Å². The zero-order valence-electron chi connectivity index (χ0n) is 13.8. The van der Waals surface area contributed by atoms with Crippen molar-refractivity contribution in [3.05, 3.63) is 34.4 Å². The Bertz CT molecular complexity index is 523. The van der Waals surface area contributed by atoms with Crippen LogP contribution in [0.4, 0.5) is 0 Å². The van der Waals surface area contributed by atoms with Gasteiger partial charge in [-0.3, -0.25) is 0 Å². The number of nitrogens with zero attached hydrogens (tertiary/aromatic N) is 1. The SMILES string of the molecule is CN1Cc2cc(C(C)(C)C)cc3c2[C@](C)(CCCC3)C1. The summed E-state index contributed by atoms with van der Waals surface area (Å²) in [7, 11) is 2.28. The summed E-state index contributed by atoms with van der Waals surface area (Å²) in [5, 5.41) is 0. The maximum Gasteiger partial charge on any atom is 0.0234 e. The molecule has 1 aromatic rings. The molecule has 0 aromatic heterocycles. The van der Waals surface area contributed by atoms with Crippen molar-refractivity contribution in [3.63, 3.8) is 0 Å². The summed E-state index contributed by atoms with van der Waals surface area (Å²) in [5.41, 5.74) is 7.12. The summed E-state index contributed by atoms with van der Waals surface area (Å²) in [5.74, 6) is 0. The molecule has 110 valence electrons. The van der Waals surface area contributed by atoms with Crippen LogP contribution < -0.4 is 0 Å². The van der Waals surface area contributed by atoms with Crippen LogP contribution in [0.2, 0.25) is 0 Å². The van der Waals surface area contributed by atoms with Crippen LogP contribution in [-0.2, 0) is 23.8 Å². The van der Waals surface area contributed by atoms with Crippen molar-refractivity contribution in [3.8, 4) is 0 Å². The topological polar surface area (TPSA) is 3.24 Å². The fraction of sp³-hybridized carbons (Fsp3) is 0.684. The van der Waals surface area contributed by atoms with Crippen molar-refractivity contribution in [1.29, 1.82) is 0 Å². The van der Waals surface area contributed by atoms with E-state index in [0.717, 1.165) is 6.54 Å². The monoisotopic (exact) mass is 271 g/mol. The largest absolute Gasteiger partial charge is 0.301 e. The molecule has 3 rings (SSSR count). The first-order chi connectivity index (χ1) is 9.29. The van der Waals surface area contributed by atoms with Gasteiger partial charge in [0.1, 0.15) is 0 Å². The second-order valence-electron chi connectivity index (χ2n) is 8.36. The average Bonchev–Trinajstić information content (AvgIpc) is 2.47. The fourth-order valence-corrected chi connectivity index (χ4v) is 4.35. The zero-order chi connectivity index (χ0) is 14.5. The van der Waals surface area contributed by atoms with Gasteiger partial charge in [-0.15, -0.1) is 0 Å². The minimum atomic E-state index is 0.254. The van der Waals surface area contributed by atoms with Crippen LogP contribution in [0.3, 0.4) is 0 Å². The van der Waals surface area contributed by atoms with Crippen LogP contribution in [-0.4, -0.2) is 18.5 Å². The van der Waals surface area contributed by atoms with Crippen molar-refractivity contribution < 1.29 is 0 Å². The number of benzene rings is 1. The minimum absolute atomic E-state index is 0.254. The Morgan fingerprint density at radius 2 is 1.80 bits per heavy atom. The Balaban J connectivity index is 2.21. The second-order valence-corrected chi connectivity index (χ2v) is 8.36. The molecule has 1 atom stereocenters. The molecule has 0 N–H and O–H groups in total. The fourth-order valence-electron chi connectivity index (χ4n) is 4.35. The Morgan fingerprint density at radius 3 is 2.50 bits per heavy atom. The van der Waals surface area contributed by atoms with Crippen molar-refractivity contribution in [2.24, 2.45) is 0 Å². The van der Waals surface area contributed by atoms with E-state index in [1.165, 1.54) is 37.8 Å². The minimum Gasteiger partial charge on any atom is -0.301 e. The van der Waals surface area contributed by atoms with E-state index in [2.05, 4.69) is 51.8 Å². The smallest absolute Gasteiger partial charge is 0.0234 e. The molecule has 1 aliphatic carbocycles. The normalized spacial score (nSPS) is 27.1. The molecule has 0 fully saturated rings. The van der Waals surface area contributed by atoms with E-state index in [0.29, 0.717) is 5.41 Å². The van der Waals surface area contributed by atoms with Gasteiger partial charge in [0.05, 0.1) is 0 Å². The van der Waals surface area contributed by atoms with Gasteiger partial charge in [-0.05, 0) is 54.0 Å². The summed E-state index contributed by atoms with van der Waals surface area (Å²) in [6.45, 7) is 11.9. The van der Waals surface area contributed by atoms with Gasteiger partial charge >= 0.3 is 0 Å². The first-order valence-electron chi connectivity index (χ1n) is 8.15. The Hall–Kier alpha value is -0.820. The Kier molecular flexibility index (Phi) is 3.25. The van der Waals surface area contributed by atoms with Crippen molar-refractivity contribution in [1.82, 2.24) is 4.90 Å². The number of hydrogen-bond acceptors (Lipinski definition) is 1. The lowest BCUT2D eigenvalue weighted by atomic mass is 9.71. The quantitative estimate of drug-likeness (QED) is 0.675. The molecule has 0 radical (unpaired) electrons. The summed E-state index contributed by atoms with van der Waals surface area (Å²) < 4.78 is 0. The Labute approximate surface area is 124 Å². The number of hydrogen-bond donors (Lipinski definition) is 0. The second kappa shape index (κ2) is 4.59. The molecule has 0 bridgehead atoms. The lowest BCUT2D eigenvalue weighted by molar-refractivity contribution is 0.213. The van der Waals surface area contributed by atoms with E-state index >= 15 is 0 Å². The van der Waals surface area contributed by atoms with Gasteiger partial charge in [0.15, 0.2) is 0 Å². The van der Waals surface area contributed by atoms with Gasteiger partial charge in [0.25, 0.3) is 0 Å². The highest BCUT2D eigenvalue weighted by Crippen LogP contribution is 2.43. The predicted octanol–water partition coefficient (Wildman–Crippen LogP) is 4.41. The molecule has 20 heavy (non-hydrogen) atoms. The van der Waals surface area contributed by atoms with E-state index in [4.69, 9.17) is 0 Å². The highest BCUT2D eigenvalue weighted by atomic mass is 15.1. The lowest BCUT2D eigenvalue weighted by Crippen LogP contribution is -2.42. The molecule has 1 aliphatic heterocycles. The lowest BCUT2D eigenvalue weighted by Gasteiger charge is -2.42. The molecule has 1 aromatic carbocycles. The third-order valence-electron chi connectivity index (χ3n) is 5.26. The number of likely N-dealkylation sites (N-methyl/N-ethyl adjacent to an activating group) is 1. The molecule has 0 spiro atoms. The summed E-state index contributed by atoms with van der Waals surface area (Å²) in [6, 6.07) is 5.02. The summed E-state index contributed by atoms with van der Waals surface area (Å²) in [4.78, 5) is 2.52. The number of aryl methyl sites for hydroxylation is 1. The maximum atomic E-state index is 2.52. The number of rotatable bonds is 0. The van der Waals surface area contributed by atoms with Gasteiger partial charge in [0.2, 0.25) is 0 Å². The molecule has 0 unspecified atom stereocenters. The summed E-state index contributed by atoms with van der Waals surface area (Å²) >= 11 is 0. The van der Waals surface area contributed by atoms with E-state index in [1.807, 2.05) is 0 Å². The maximum absolute atomic E-state index is 2.52. The molecular formula is C19H29N. The highest BCUT2D eigenvalue weighted by molar-refractivity contribution is 5.48. The molecule has 1 nitrogen and oxygen atoms in total. The highest BCUT2D eigenvalue weighted by Gasteiger charge is 2.37. The van der Waals surface area contributed by atoms with Crippen molar-refractivity contribution in [2.45, 2.75) is 70.8 Å². The van der Waals surface area contributed by atoms with Gasteiger partial charge in [-0.2, -0.15) is 0 Å². The van der Waals surface area contributed by atoms with Gasteiger partial charge < -0.3 is 4.90 Å². The van der Waals surface area contributed by atoms with Crippen molar-refractivity contribution in [2.75, 3.05) is 13.6 Å². The first kappa shape index (κ1) is 14.1. The van der Waals surface area contributed by atoms with Gasteiger partial charge in [-0.1, -0.05) is 46.2 Å². The molecule has 0 saturated carbocycles. The van der Waals surface area contributed by atoms with E-state index < -0.39 is 0 Å². The predicted molar refractivity (Wildman–Crippen MR) is 86.4 cm³/mol. The van der Waals surface area contributed by atoms with E-state index in [1.54, 1.807) is 16.7 Å². The molecule has 0 amide bonds. The van der Waals surface area contributed by atoms with Crippen LogP contribution in [0.5, 0.6) is 0 Å². The van der Waals surface area contributed by atoms with Crippen LogP contribution in [0.25, 0.3) is 0 Å². The van der Waals surface area contributed by atoms with Gasteiger partial charge in [0, 0.05) is 18.5 Å². The molecule has 2 aliphatic rings. The van der Waals surface area contributed by atoms with Crippen LogP contribution >= 0.6 is 0 Å². The van der Waals surface area contributed by atoms with E-state index in [-0.39, 0.29) is 5.41 Å². The van der Waals surface area contributed by atoms with Crippen LogP contribution in [0.1, 0.15) is 69.2 Å². The van der Waals surface area contributed by atoms with E-state index in [9.17, 15) is 0 Å². The molecule has 0 saturated heterocycles. The molecule has 1 heterocycles. The standard InChI is InChI=1S/C19H29N/c1-18(2,3)16-10-14-8-6-7-9-19(4)13-20(5)12-15(11-16)17(14)19/h10-11H,6-9,12-13H2,1-5H3/t19-/m1/s1. The molecule has 1 heteroatoms. The zero-order valence-corrected chi connectivity index (χ0v) is 13.8. The average molecular weight is 271 g/mol. The first-order valence-corrected chi connectivity index (χ1v) is 8.15. The van der Waals surface area contributed by atoms with Gasteiger partial charge in [-0.25, -0.2) is 0 Å². The summed E-state index contributed by atoms with van der Waals surface area (Å²) in [6.07, 6.45) is 5.38. The third kappa shape index (κ3) is 2.30. The molecular weight excluding hydrogens is 242 g/mol.